The van der Waals surface area contributed by atoms with Crippen molar-refractivity contribution in [2.75, 3.05) is 19.7 Å². The second-order valence-electron chi connectivity index (χ2n) is 5.37. The zero-order valence-electron chi connectivity index (χ0n) is 11.2. The number of aliphatic hydroxyl groups excluding tert-OH is 1. The Morgan fingerprint density at radius 3 is 2.47 bits per heavy atom. The van der Waals surface area contributed by atoms with E-state index >= 15 is 0 Å². The molecule has 0 aromatic heterocycles. The Morgan fingerprint density at radius 1 is 1.18 bits per heavy atom. The van der Waals surface area contributed by atoms with Crippen LogP contribution in [0.15, 0.2) is 0 Å². The van der Waals surface area contributed by atoms with Gasteiger partial charge < -0.3 is 15.5 Å². The number of carboxylic acid groups (broad SMARTS) is 1. The number of unbranched alkanes of at least 4 members (excludes halogenated alkanes) is 2. The fourth-order valence-electron chi connectivity index (χ4n) is 1.78. The normalized spacial score (nSPS) is 11.7. The molecule has 0 fully saturated rings. The van der Waals surface area contributed by atoms with Crippen LogP contribution in [0.2, 0.25) is 0 Å². The van der Waals surface area contributed by atoms with Crippen molar-refractivity contribution in [3.05, 3.63) is 0 Å². The molecule has 3 N–H and O–H groups in total. The van der Waals surface area contributed by atoms with Gasteiger partial charge in [-0.3, -0.25) is 4.79 Å². The third-order valence-electron chi connectivity index (χ3n) is 2.86. The molecule has 0 bridgehead atoms. The summed E-state index contributed by atoms with van der Waals surface area (Å²) in [5.74, 6) is -0.705. The van der Waals surface area contributed by atoms with Gasteiger partial charge in [0.15, 0.2) is 0 Å². The van der Waals surface area contributed by atoms with E-state index in [2.05, 4.69) is 19.2 Å². The lowest BCUT2D eigenvalue weighted by atomic mass is 9.88. The molecule has 102 valence electrons. The number of carbonyl (C=O) groups is 1. The molecule has 4 heteroatoms. The van der Waals surface area contributed by atoms with Gasteiger partial charge in [-0.05, 0) is 37.6 Å². The molecule has 0 atom stereocenters. The highest BCUT2D eigenvalue weighted by Gasteiger charge is 2.16. The van der Waals surface area contributed by atoms with Crippen LogP contribution in [-0.2, 0) is 4.79 Å². The van der Waals surface area contributed by atoms with E-state index in [4.69, 9.17) is 10.2 Å². The summed E-state index contributed by atoms with van der Waals surface area (Å²) in [5, 5.41) is 20.6. The van der Waals surface area contributed by atoms with Crippen LogP contribution >= 0.6 is 0 Å². The molecular formula is C13H27NO3. The third kappa shape index (κ3) is 11.6. The number of nitrogens with one attached hydrogen (secondary N) is 1. The maximum Gasteiger partial charge on any atom is 0.303 e. The van der Waals surface area contributed by atoms with Gasteiger partial charge in [0.2, 0.25) is 0 Å². The van der Waals surface area contributed by atoms with E-state index in [-0.39, 0.29) is 18.4 Å². The summed E-state index contributed by atoms with van der Waals surface area (Å²) in [4.78, 5) is 10.3. The topological polar surface area (TPSA) is 69.6 Å². The predicted octanol–water partition coefficient (Wildman–Crippen LogP) is 2.02. The molecular weight excluding hydrogens is 218 g/mol. The molecule has 4 nitrogen and oxygen atoms in total. The Bertz CT molecular complexity index is 205. The summed E-state index contributed by atoms with van der Waals surface area (Å²) in [5.41, 5.74) is 0.226. The molecule has 0 aliphatic carbocycles. The van der Waals surface area contributed by atoms with E-state index in [1.54, 1.807) is 0 Å². The quantitative estimate of drug-likeness (QED) is 0.487. The highest BCUT2D eigenvalue weighted by Crippen LogP contribution is 2.20. The molecule has 0 aliphatic rings. The monoisotopic (exact) mass is 245 g/mol. The number of aliphatic hydroxyl groups is 1. The molecule has 0 unspecified atom stereocenters. The van der Waals surface area contributed by atoms with Gasteiger partial charge in [-0.25, -0.2) is 0 Å². The number of hydrogen-bond acceptors (Lipinski definition) is 3. The molecule has 17 heavy (non-hydrogen) atoms. The minimum absolute atomic E-state index is 0.226. The number of carboxylic acids is 1. The van der Waals surface area contributed by atoms with Crippen LogP contribution < -0.4 is 5.32 Å². The van der Waals surface area contributed by atoms with Crippen molar-refractivity contribution >= 4 is 5.97 Å². The van der Waals surface area contributed by atoms with Gasteiger partial charge in [-0.15, -0.1) is 0 Å². The highest BCUT2D eigenvalue weighted by atomic mass is 16.4. The largest absolute Gasteiger partial charge is 0.481 e. The second kappa shape index (κ2) is 9.42. The van der Waals surface area contributed by atoms with Crippen molar-refractivity contribution in [3.63, 3.8) is 0 Å². The van der Waals surface area contributed by atoms with Crippen molar-refractivity contribution in [3.8, 4) is 0 Å². The van der Waals surface area contributed by atoms with Gasteiger partial charge >= 0.3 is 5.97 Å². The van der Waals surface area contributed by atoms with Crippen LogP contribution in [-0.4, -0.2) is 35.9 Å². The third-order valence-corrected chi connectivity index (χ3v) is 2.86. The van der Waals surface area contributed by atoms with Crippen molar-refractivity contribution in [1.29, 1.82) is 0 Å². The zero-order valence-corrected chi connectivity index (χ0v) is 11.2. The predicted molar refractivity (Wildman–Crippen MR) is 69.1 cm³/mol. The minimum atomic E-state index is -0.705. The van der Waals surface area contributed by atoms with Crippen LogP contribution in [0.1, 0.15) is 52.4 Å². The lowest BCUT2D eigenvalue weighted by molar-refractivity contribution is -0.137. The zero-order chi connectivity index (χ0) is 13.1. The van der Waals surface area contributed by atoms with Crippen molar-refractivity contribution in [1.82, 2.24) is 5.32 Å². The first-order valence-electron chi connectivity index (χ1n) is 6.51. The molecule has 0 spiro atoms. The van der Waals surface area contributed by atoms with E-state index < -0.39 is 5.97 Å². The van der Waals surface area contributed by atoms with E-state index in [9.17, 15) is 4.79 Å². The first kappa shape index (κ1) is 16.4. The van der Waals surface area contributed by atoms with Crippen LogP contribution in [0.3, 0.4) is 0 Å². The SMILES string of the molecule is CC(C)(CCCO)CNCCCCCC(=O)O. The first-order valence-corrected chi connectivity index (χ1v) is 6.51. The Kier molecular flexibility index (Phi) is 9.09. The second-order valence-corrected chi connectivity index (χ2v) is 5.37. The fourth-order valence-corrected chi connectivity index (χ4v) is 1.78. The van der Waals surface area contributed by atoms with Crippen molar-refractivity contribution in [2.45, 2.75) is 52.4 Å². The van der Waals surface area contributed by atoms with Crippen LogP contribution in [0.4, 0.5) is 0 Å². The highest BCUT2D eigenvalue weighted by molar-refractivity contribution is 5.66. The molecule has 0 aromatic rings. The summed E-state index contributed by atoms with van der Waals surface area (Å²) in [6.07, 6.45) is 4.93. The van der Waals surface area contributed by atoms with Crippen LogP contribution in [0.5, 0.6) is 0 Å². The van der Waals surface area contributed by atoms with Gasteiger partial charge in [0.25, 0.3) is 0 Å². The lowest BCUT2D eigenvalue weighted by Crippen LogP contribution is -2.30. The summed E-state index contributed by atoms with van der Waals surface area (Å²) in [6.45, 7) is 6.55. The van der Waals surface area contributed by atoms with E-state index in [1.807, 2.05) is 0 Å². The van der Waals surface area contributed by atoms with Gasteiger partial charge in [0.05, 0.1) is 0 Å². The lowest BCUT2D eigenvalue weighted by Gasteiger charge is -2.24. The average molecular weight is 245 g/mol. The van der Waals surface area contributed by atoms with E-state index in [1.165, 1.54) is 0 Å². The summed E-state index contributed by atoms with van der Waals surface area (Å²) in [7, 11) is 0. The number of hydrogen-bond donors (Lipinski definition) is 3. The van der Waals surface area contributed by atoms with E-state index in [0.717, 1.165) is 45.2 Å². The Balaban J connectivity index is 3.34. The molecule has 0 rings (SSSR count). The van der Waals surface area contributed by atoms with Crippen molar-refractivity contribution in [2.24, 2.45) is 5.41 Å². The number of rotatable bonds is 11. The molecule has 0 amide bonds. The standard InChI is InChI=1S/C13H27NO3/c1-13(2,8-6-10-15)11-14-9-5-3-4-7-12(16)17/h14-15H,3-11H2,1-2H3,(H,16,17). The maximum absolute atomic E-state index is 10.3. The molecule has 0 saturated carbocycles. The molecule has 0 saturated heterocycles. The average Bonchev–Trinajstić information content (AvgIpc) is 2.24. The van der Waals surface area contributed by atoms with Crippen molar-refractivity contribution < 1.29 is 15.0 Å². The summed E-state index contributed by atoms with van der Waals surface area (Å²) >= 11 is 0. The Morgan fingerprint density at radius 2 is 1.88 bits per heavy atom. The smallest absolute Gasteiger partial charge is 0.303 e. The first-order chi connectivity index (χ1) is 7.98. The Hall–Kier alpha value is -0.610. The molecule has 0 aromatic carbocycles. The van der Waals surface area contributed by atoms with Crippen LogP contribution in [0.25, 0.3) is 0 Å². The molecule has 0 heterocycles. The molecule has 0 aliphatic heterocycles. The maximum atomic E-state index is 10.3. The van der Waals surface area contributed by atoms with E-state index in [0.29, 0.717) is 0 Å². The van der Waals surface area contributed by atoms with Gasteiger partial charge in [-0.2, -0.15) is 0 Å². The van der Waals surface area contributed by atoms with Crippen LogP contribution in [0, 0.1) is 5.41 Å². The van der Waals surface area contributed by atoms with Gasteiger partial charge in [-0.1, -0.05) is 20.3 Å². The summed E-state index contributed by atoms with van der Waals surface area (Å²) in [6, 6.07) is 0. The Labute approximate surface area is 104 Å². The number of aliphatic carboxylic acids is 1. The fraction of sp³-hybridized carbons (Fsp3) is 0.923. The minimum Gasteiger partial charge on any atom is -0.481 e. The summed E-state index contributed by atoms with van der Waals surface area (Å²) < 4.78 is 0. The van der Waals surface area contributed by atoms with Gasteiger partial charge in [0.1, 0.15) is 0 Å². The van der Waals surface area contributed by atoms with Gasteiger partial charge in [0, 0.05) is 19.6 Å². The molecule has 0 radical (unpaired) electrons.